The Morgan fingerprint density at radius 1 is 0.839 bits per heavy atom. The quantitative estimate of drug-likeness (QED) is 0.641. The second-order valence-corrected chi connectivity index (χ2v) is 7.97. The van der Waals surface area contributed by atoms with Crippen LogP contribution in [0.4, 0.5) is 0 Å². The lowest BCUT2D eigenvalue weighted by Crippen LogP contribution is -2.50. The molecule has 160 valence electrons. The summed E-state index contributed by atoms with van der Waals surface area (Å²) in [4.78, 5) is 29.8. The first-order valence-electron chi connectivity index (χ1n) is 10.6. The predicted octanol–water partition coefficient (Wildman–Crippen LogP) is 2.94. The molecule has 1 saturated heterocycles. The lowest BCUT2D eigenvalue weighted by atomic mass is 10.1. The second kappa shape index (κ2) is 7.98. The monoisotopic (exact) mass is 419 g/mol. The fourth-order valence-electron chi connectivity index (χ4n) is 4.27. The third kappa shape index (κ3) is 3.60. The fraction of sp³-hybridized carbons (Fsp3) is 0.333. The van der Waals surface area contributed by atoms with Crippen LogP contribution in [0.3, 0.4) is 0 Å². The molecule has 0 spiro atoms. The van der Waals surface area contributed by atoms with E-state index in [9.17, 15) is 9.59 Å². The molecule has 3 heterocycles. The lowest BCUT2D eigenvalue weighted by Gasteiger charge is -2.34. The number of aromatic nitrogens is 1. The minimum Gasteiger partial charge on any atom is -0.490 e. The van der Waals surface area contributed by atoms with Gasteiger partial charge in [0, 0.05) is 62.3 Å². The van der Waals surface area contributed by atoms with Crippen molar-refractivity contribution in [2.75, 3.05) is 39.4 Å². The molecule has 0 saturated carbocycles. The van der Waals surface area contributed by atoms with Crippen LogP contribution in [0.25, 0.3) is 10.9 Å². The maximum atomic E-state index is 13.1. The Labute approximate surface area is 180 Å². The highest BCUT2D eigenvalue weighted by molar-refractivity contribution is 6.07. The van der Waals surface area contributed by atoms with Crippen molar-refractivity contribution in [1.82, 2.24) is 14.4 Å². The van der Waals surface area contributed by atoms with E-state index in [0.29, 0.717) is 62.0 Å². The largest absolute Gasteiger partial charge is 0.490 e. The molecule has 0 radical (unpaired) electrons. The van der Waals surface area contributed by atoms with E-state index >= 15 is 0 Å². The molecule has 7 heteroatoms. The number of hydrogen-bond donors (Lipinski definition) is 0. The van der Waals surface area contributed by atoms with Gasteiger partial charge in [0.2, 0.25) is 0 Å². The summed E-state index contributed by atoms with van der Waals surface area (Å²) in [6.45, 7) is 3.23. The maximum absolute atomic E-state index is 13.1. The van der Waals surface area contributed by atoms with E-state index in [1.165, 1.54) is 0 Å². The van der Waals surface area contributed by atoms with Gasteiger partial charge in [0.25, 0.3) is 11.8 Å². The highest BCUT2D eigenvalue weighted by Crippen LogP contribution is 2.31. The molecule has 7 nitrogen and oxygen atoms in total. The minimum absolute atomic E-state index is 0.0134. The normalized spacial score (nSPS) is 16.3. The first kappa shape index (κ1) is 19.5. The van der Waals surface area contributed by atoms with Gasteiger partial charge in [-0.25, -0.2) is 0 Å². The number of aryl methyl sites for hydroxylation is 1. The number of rotatable bonds is 2. The first-order valence-corrected chi connectivity index (χ1v) is 10.6. The summed E-state index contributed by atoms with van der Waals surface area (Å²) in [5.74, 6) is 1.26. The Morgan fingerprint density at radius 2 is 1.52 bits per heavy atom. The number of hydrogen-bond acceptors (Lipinski definition) is 4. The van der Waals surface area contributed by atoms with Crippen LogP contribution in [0.5, 0.6) is 11.5 Å². The molecule has 1 fully saturated rings. The van der Waals surface area contributed by atoms with Gasteiger partial charge >= 0.3 is 0 Å². The molecule has 0 atom stereocenters. The van der Waals surface area contributed by atoms with E-state index in [4.69, 9.17) is 9.47 Å². The van der Waals surface area contributed by atoms with Gasteiger partial charge in [-0.3, -0.25) is 9.59 Å². The molecule has 2 aliphatic heterocycles. The van der Waals surface area contributed by atoms with Crippen molar-refractivity contribution in [2.45, 2.75) is 6.42 Å². The second-order valence-electron chi connectivity index (χ2n) is 7.97. The van der Waals surface area contributed by atoms with Gasteiger partial charge < -0.3 is 23.8 Å². The van der Waals surface area contributed by atoms with Crippen LogP contribution >= 0.6 is 0 Å². The first-order chi connectivity index (χ1) is 15.1. The number of amides is 2. The molecule has 0 N–H and O–H groups in total. The fourth-order valence-corrected chi connectivity index (χ4v) is 4.27. The molecule has 1 aromatic heterocycles. The summed E-state index contributed by atoms with van der Waals surface area (Å²) in [5, 5.41) is 0.959. The van der Waals surface area contributed by atoms with Crippen molar-refractivity contribution in [2.24, 2.45) is 7.05 Å². The third-order valence-electron chi connectivity index (χ3n) is 5.98. The van der Waals surface area contributed by atoms with Gasteiger partial charge in [0.05, 0.1) is 18.8 Å². The number of benzene rings is 2. The summed E-state index contributed by atoms with van der Waals surface area (Å²) in [6.07, 6.45) is 2.72. The van der Waals surface area contributed by atoms with Crippen molar-refractivity contribution in [1.29, 1.82) is 0 Å². The summed E-state index contributed by atoms with van der Waals surface area (Å²) in [7, 11) is 1.95. The minimum atomic E-state index is -0.0482. The van der Waals surface area contributed by atoms with Gasteiger partial charge in [0.1, 0.15) is 0 Å². The van der Waals surface area contributed by atoms with Crippen LogP contribution < -0.4 is 9.47 Å². The van der Waals surface area contributed by atoms with E-state index in [1.807, 2.05) is 47.0 Å². The van der Waals surface area contributed by atoms with Gasteiger partial charge in [-0.15, -0.1) is 0 Å². The zero-order chi connectivity index (χ0) is 21.4. The van der Waals surface area contributed by atoms with Gasteiger partial charge in [-0.2, -0.15) is 0 Å². The van der Waals surface area contributed by atoms with Crippen LogP contribution in [0.2, 0.25) is 0 Å². The van der Waals surface area contributed by atoms with Crippen LogP contribution in [0, 0.1) is 0 Å². The average Bonchev–Trinajstić information content (AvgIpc) is 2.98. The standard InChI is InChI=1S/C24H25N3O4/c1-25-16-19(18-5-2-3-6-20(18)25)24(29)27-11-9-26(10-12-27)23(28)17-7-8-21-22(15-17)31-14-4-13-30-21/h2-3,5-8,15-16H,4,9-14H2,1H3. The molecule has 2 aromatic carbocycles. The van der Waals surface area contributed by atoms with E-state index in [2.05, 4.69) is 0 Å². The molecule has 0 aliphatic carbocycles. The summed E-state index contributed by atoms with van der Waals surface area (Å²) >= 11 is 0. The van der Waals surface area contributed by atoms with Crippen molar-refractivity contribution in [3.8, 4) is 11.5 Å². The average molecular weight is 419 g/mol. The SMILES string of the molecule is Cn1cc(C(=O)N2CCN(C(=O)c3ccc4c(c3)OCCCO4)CC2)c2ccccc21. The number of carbonyl (C=O) groups excluding carboxylic acids is 2. The van der Waals surface area contributed by atoms with Crippen LogP contribution in [-0.4, -0.2) is 65.6 Å². The smallest absolute Gasteiger partial charge is 0.256 e. The topological polar surface area (TPSA) is 64.0 Å². The molecule has 3 aromatic rings. The summed E-state index contributed by atoms with van der Waals surface area (Å²) in [5.41, 5.74) is 2.33. The molecule has 0 bridgehead atoms. The Balaban J connectivity index is 1.27. The van der Waals surface area contributed by atoms with E-state index in [-0.39, 0.29) is 11.8 Å². The van der Waals surface area contributed by atoms with Gasteiger partial charge in [-0.1, -0.05) is 18.2 Å². The molecule has 0 unspecified atom stereocenters. The highest BCUT2D eigenvalue weighted by atomic mass is 16.5. The van der Waals surface area contributed by atoms with Crippen LogP contribution in [0.1, 0.15) is 27.1 Å². The molecule has 31 heavy (non-hydrogen) atoms. The Morgan fingerprint density at radius 3 is 2.29 bits per heavy atom. The Bertz CT molecular complexity index is 1140. The number of ether oxygens (including phenoxy) is 2. The summed E-state index contributed by atoms with van der Waals surface area (Å²) < 4.78 is 13.3. The number of fused-ring (bicyclic) bond motifs is 2. The Hall–Kier alpha value is -3.48. The van der Waals surface area contributed by atoms with Crippen molar-refractivity contribution >= 4 is 22.7 Å². The lowest BCUT2D eigenvalue weighted by molar-refractivity contribution is 0.0536. The number of para-hydroxylation sites is 1. The number of carbonyl (C=O) groups is 2. The summed E-state index contributed by atoms with van der Waals surface area (Å²) in [6, 6.07) is 13.3. The molecule has 2 aliphatic rings. The molecular weight excluding hydrogens is 394 g/mol. The number of nitrogens with zero attached hydrogens (tertiary/aromatic N) is 3. The third-order valence-corrected chi connectivity index (χ3v) is 5.98. The van der Waals surface area contributed by atoms with Gasteiger partial charge in [-0.05, 0) is 24.3 Å². The Kier molecular flexibility index (Phi) is 5.02. The maximum Gasteiger partial charge on any atom is 0.256 e. The molecule has 2 amide bonds. The van der Waals surface area contributed by atoms with Crippen molar-refractivity contribution in [3.63, 3.8) is 0 Å². The van der Waals surface area contributed by atoms with Crippen LogP contribution in [0.15, 0.2) is 48.7 Å². The van der Waals surface area contributed by atoms with E-state index in [0.717, 1.165) is 17.3 Å². The van der Waals surface area contributed by atoms with Crippen LogP contribution in [-0.2, 0) is 7.05 Å². The molecular formula is C24H25N3O4. The zero-order valence-corrected chi connectivity index (χ0v) is 17.5. The predicted molar refractivity (Wildman–Crippen MR) is 117 cm³/mol. The number of piperazine rings is 1. The van der Waals surface area contributed by atoms with E-state index in [1.54, 1.807) is 23.1 Å². The van der Waals surface area contributed by atoms with Crippen molar-refractivity contribution < 1.29 is 19.1 Å². The van der Waals surface area contributed by atoms with E-state index < -0.39 is 0 Å². The van der Waals surface area contributed by atoms with Gasteiger partial charge in [0.15, 0.2) is 11.5 Å². The molecule has 5 rings (SSSR count). The van der Waals surface area contributed by atoms with Crippen molar-refractivity contribution in [3.05, 3.63) is 59.8 Å². The highest BCUT2D eigenvalue weighted by Gasteiger charge is 2.27. The zero-order valence-electron chi connectivity index (χ0n) is 17.5.